The molecule has 0 bridgehead atoms. The number of ketones is 2. The molecule has 0 atom stereocenters. The third kappa shape index (κ3) is 10.6. The Kier molecular flexibility index (Phi) is 8.94. The van der Waals surface area contributed by atoms with Crippen molar-refractivity contribution in [1.82, 2.24) is 0 Å². The molecule has 0 aliphatic heterocycles. The van der Waals surface area contributed by atoms with Crippen molar-refractivity contribution < 1.29 is 23.8 Å². The van der Waals surface area contributed by atoms with E-state index in [2.05, 4.69) is 0 Å². The lowest BCUT2D eigenvalue weighted by molar-refractivity contribution is -0.131. The molecule has 0 rings (SSSR count). The van der Waals surface area contributed by atoms with Crippen molar-refractivity contribution in [2.45, 2.75) is 41.5 Å². The maximum atomic E-state index is 11.6. The maximum Gasteiger partial charge on any atom is 0.163 e. The van der Waals surface area contributed by atoms with Gasteiger partial charge < -0.3 is 14.2 Å². The molecule has 0 aromatic carbocycles. The number of hydrogen-bond acceptors (Lipinski definition) is 5. The van der Waals surface area contributed by atoms with Gasteiger partial charge >= 0.3 is 0 Å². The average Bonchev–Trinajstić information content (AvgIpc) is 2.33. The van der Waals surface area contributed by atoms with Crippen LogP contribution < -0.4 is 0 Å². The average molecular weight is 302 g/mol. The predicted molar refractivity (Wildman–Crippen MR) is 81.4 cm³/mol. The van der Waals surface area contributed by atoms with Gasteiger partial charge in [0.2, 0.25) is 0 Å². The highest BCUT2D eigenvalue weighted by atomic mass is 16.5. The number of carbonyl (C=O) groups excluding carboxylic acids is 2. The van der Waals surface area contributed by atoms with E-state index in [0.717, 1.165) is 0 Å². The van der Waals surface area contributed by atoms with Gasteiger partial charge in [0.1, 0.15) is 13.2 Å². The second kappa shape index (κ2) is 9.28. The molecule has 0 saturated heterocycles. The maximum absolute atomic E-state index is 11.6. The Morgan fingerprint density at radius 2 is 0.905 bits per heavy atom. The van der Waals surface area contributed by atoms with Crippen molar-refractivity contribution >= 4 is 11.6 Å². The zero-order valence-corrected chi connectivity index (χ0v) is 14.3. The van der Waals surface area contributed by atoms with E-state index in [0.29, 0.717) is 26.4 Å². The zero-order chi connectivity index (χ0) is 16.5. The summed E-state index contributed by atoms with van der Waals surface area (Å²) < 4.78 is 15.8. The standard InChI is InChI=1S/C16H30O5/c1-15(2,3)13(17)11-20-9-7-19-8-10-21-12-14(18)16(4,5)6/h7-12H2,1-6H3. The van der Waals surface area contributed by atoms with Crippen LogP contribution in [-0.2, 0) is 23.8 Å². The number of carbonyl (C=O) groups is 2. The summed E-state index contributed by atoms with van der Waals surface area (Å²) in [5.41, 5.74) is -0.734. The van der Waals surface area contributed by atoms with Gasteiger partial charge in [0, 0.05) is 10.8 Å². The summed E-state index contributed by atoms with van der Waals surface area (Å²) in [6.45, 7) is 13.0. The van der Waals surface area contributed by atoms with E-state index in [1.165, 1.54) is 0 Å². The lowest BCUT2D eigenvalue weighted by Crippen LogP contribution is -2.26. The molecule has 0 unspecified atom stereocenters. The van der Waals surface area contributed by atoms with Crippen molar-refractivity contribution in [3.05, 3.63) is 0 Å². The molecule has 0 aliphatic carbocycles. The summed E-state index contributed by atoms with van der Waals surface area (Å²) in [7, 11) is 0. The highest BCUT2D eigenvalue weighted by molar-refractivity contribution is 5.85. The van der Waals surface area contributed by atoms with Crippen molar-refractivity contribution in [2.75, 3.05) is 39.6 Å². The van der Waals surface area contributed by atoms with Gasteiger partial charge in [0.15, 0.2) is 11.6 Å². The lowest BCUT2D eigenvalue weighted by atomic mass is 9.91. The predicted octanol–water partition coefficient (Wildman–Crippen LogP) is 2.27. The molecule has 0 saturated carbocycles. The Morgan fingerprint density at radius 1 is 0.619 bits per heavy atom. The largest absolute Gasteiger partial charge is 0.377 e. The topological polar surface area (TPSA) is 61.8 Å². The smallest absolute Gasteiger partial charge is 0.163 e. The number of hydrogen-bond donors (Lipinski definition) is 0. The molecule has 0 radical (unpaired) electrons. The van der Waals surface area contributed by atoms with Crippen molar-refractivity contribution in [1.29, 1.82) is 0 Å². The summed E-state index contributed by atoms with van der Waals surface area (Å²) in [4.78, 5) is 23.1. The van der Waals surface area contributed by atoms with Gasteiger partial charge in [-0.25, -0.2) is 0 Å². The molecule has 0 spiro atoms. The number of Topliss-reactive ketones (excluding diaryl/α,β-unsaturated/α-hetero) is 2. The van der Waals surface area contributed by atoms with Crippen LogP contribution in [-0.4, -0.2) is 51.2 Å². The van der Waals surface area contributed by atoms with Crippen LogP contribution in [0.1, 0.15) is 41.5 Å². The normalized spacial score (nSPS) is 12.5. The molecule has 5 heteroatoms. The fourth-order valence-corrected chi connectivity index (χ4v) is 1.10. The molecule has 0 heterocycles. The first-order valence-corrected chi connectivity index (χ1v) is 7.35. The van der Waals surface area contributed by atoms with Crippen LogP contribution in [0.2, 0.25) is 0 Å². The molecule has 0 amide bonds. The van der Waals surface area contributed by atoms with E-state index >= 15 is 0 Å². The third-order valence-corrected chi connectivity index (χ3v) is 2.88. The molecule has 0 fully saturated rings. The van der Waals surface area contributed by atoms with Gasteiger partial charge in [-0.05, 0) is 0 Å². The summed E-state index contributed by atoms with van der Waals surface area (Å²) in [5.74, 6) is 0.151. The van der Waals surface area contributed by atoms with Crippen LogP contribution in [0.15, 0.2) is 0 Å². The van der Waals surface area contributed by atoms with E-state index in [-0.39, 0.29) is 35.6 Å². The molecular formula is C16H30O5. The van der Waals surface area contributed by atoms with Crippen molar-refractivity contribution in [2.24, 2.45) is 10.8 Å². The second-order valence-electron chi connectivity index (χ2n) is 7.06. The van der Waals surface area contributed by atoms with Gasteiger partial charge in [0.05, 0.1) is 26.4 Å². The summed E-state index contributed by atoms with van der Waals surface area (Å²) in [6.07, 6.45) is 0. The Hall–Kier alpha value is -0.780. The van der Waals surface area contributed by atoms with Crippen LogP contribution >= 0.6 is 0 Å². The first-order chi connectivity index (χ1) is 9.55. The highest BCUT2D eigenvalue weighted by Gasteiger charge is 2.21. The van der Waals surface area contributed by atoms with Gasteiger partial charge in [-0.15, -0.1) is 0 Å². The molecule has 0 aromatic heterocycles. The van der Waals surface area contributed by atoms with Crippen molar-refractivity contribution in [3.8, 4) is 0 Å². The Morgan fingerprint density at radius 3 is 1.19 bits per heavy atom. The Bertz CT molecular complexity index is 291. The fourth-order valence-electron chi connectivity index (χ4n) is 1.10. The van der Waals surface area contributed by atoms with E-state index in [1.807, 2.05) is 41.5 Å². The second-order valence-corrected chi connectivity index (χ2v) is 7.06. The van der Waals surface area contributed by atoms with Crippen LogP contribution in [0.4, 0.5) is 0 Å². The van der Waals surface area contributed by atoms with Gasteiger partial charge in [0.25, 0.3) is 0 Å². The molecular weight excluding hydrogens is 272 g/mol. The van der Waals surface area contributed by atoms with E-state index in [4.69, 9.17) is 14.2 Å². The zero-order valence-electron chi connectivity index (χ0n) is 14.3. The van der Waals surface area contributed by atoms with Crippen LogP contribution in [0.25, 0.3) is 0 Å². The third-order valence-electron chi connectivity index (χ3n) is 2.88. The highest BCUT2D eigenvalue weighted by Crippen LogP contribution is 2.14. The minimum Gasteiger partial charge on any atom is -0.377 e. The van der Waals surface area contributed by atoms with Gasteiger partial charge in [-0.3, -0.25) is 9.59 Å². The lowest BCUT2D eigenvalue weighted by Gasteiger charge is -2.16. The number of rotatable bonds is 10. The summed E-state index contributed by atoms with van der Waals surface area (Å²) in [5, 5.41) is 0. The Labute approximate surface area is 128 Å². The molecule has 0 aliphatic rings. The van der Waals surface area contributed by atoms with E-state index in [1.54, 1.807) is 0 Å². The summed E-state index contributed by atoms with van der Waals surface area (Å²) in [6, 6.07) is 0. The van der Waals surface area contributed by atoms with Crippen molar-refractivity contribution in [3.63, 3.8) is 0 Å². The Balaban J connectivity index is 3.42. The SMILES string of the molecule is CC(C)(C)C(=O)COCCOCCOCC(=O)C(C)(C)C. The first-order valence-electron chi connectivity index (χ1n) is 7.35. The van der Waals surface area contributed by atoms with Crippen LogP contribution in [0, 0.1) is 10.8 Å². The molecule has 21 heavy (non-hydrogen) atoms. The quantitative estimate of drug-likeness (QED) is 0.579. The number of ether oxygens (including phenoxy) is 3. The van der Waals surface area contributed by atoms with Gasteiger partial charge in [-0.2, -0.15) is 0 Å². The van der Waals surface area contributed by atoms with Gasteiger partial charge in [-0.1, -0.05) is 41.5 Å². The molecule has 5 nitrogen and oxygen atoms in total. The first kappa shape index (κ1) is 20.2. The van der Waals surface area contributed by atoms with E-state index in [9.17, 15) is 9.59 Å². The van der Waals surface area contributed by atoms with Crippen LogP contribution in [0.5, 0.6) is 0 Å². The monoisotopic (exact) mass is 302 g/mol. The fraction of sp³-hybridized carbons (Fsp3) is 0.875. The minimum absolute atomic E-state index is 0.0755. The molecule has 124 valence electrons. The minimum atomic E-state index is -0.367. The molecule has 0 N–H and O–H groups in total. The summed E-state index contributed by atoms with van der Waals surface area (Å²) >= 11 is 0. The van der Waals surface area contributed by atoms with E-state index < -0.39 is 0 Å². The van der Waals surface area contributed by atoms with Crippen LogP contribution in [0.3, 0.4) is 0 Å². The molecule has 0 aromatic rings.